The van der Waals surface area contributed by atoms with Gasteiger partial charge in [0.05, 0.1) is 16.3 Å². The third-order valence-corrected chi connectivity index (χ3v) is 4.99. The molecule has 1 amide bonds. The first-order valence-electron chi connectivity index (χ1n) is 8.22. The van der Waals surface area contributed by atoms with Gasteiger partial charge in [-0.2, -0.15) is 0 Å². The van der Waals surface area contributed by atoms with Crippen molar-refractivity contribution in [3.63, 3.8) is 0 Å². The second-order valence-electron chi connectivity index (χ2n) is 6.29. The highest BCUT2D eigenvalue weighted by molar-refractivity contribution is 6.34. The SMILES string of the molecule is Nc1c(Cl)cccc1C(=O)N1CCC(O)(C#Cc2cccc(Cl)c2)CC1. The maximum Gasteiger partial charge on any atom is 0.256 e. The zero-order valence-electron chi connectivity index (χ0n) is 14.0. The highest BCUT2D eigenvalue weighted by Gasteiger charge is 2.33. The standard InChI is InChI=1S/C20H18Cl2N2O2/c21-15-4-1-3-14(13-15)7-8-20(26)9-11-24(12-10-20)19(25)16-5-2-6-17(22)18(16)23/h1-6,13,26H,9-12,23H2. The summed E-state index contributed by atoms with van der Waals surface area (Å²) in [6, 6.07) is 12.2. The number of piperidine rings is 1. The van der Waals surface area contributed by atoms with Crippen LogP contribution in [0.4, 0.5) is 5.69 Å². The van der Waals surface area contributed by atoms with Crippen LogP contribution in [-0.4, -0.2) is 34.6 Å². The van der Waals surface area contributed by atoms with E-state index in [2.05, 4.69) is 11.8 Å². The van der Waals surface area contributed by atoms with Crippen LogP contribution in [0.25, 0.3) is 0 Å². The molecular weight excluding hydrogens is 371 g/mol. The molecule has 3 N–H and O–H groups in total. The molecule has 0 aliphatic carbocycles. The van der Waals surface area contributed by atoms with Gasteiger partial charge in [-0.3, -0.25) is 4.79 Å². The van der Waals surface area contributed by atoms with Gasteiger partial charge < -0.3 is 15.7 Å². The van der Waals surface area contributed by atoms with E-state index in [1.807, 2.05) is 12.1 Å². The summed E-state index contributed by atoms with van der Waals surface area (Å²) in [5.41, 5.74) is 6.19. The molecule has 1 saturated heterocycles. The van der Waals surface area contributed by atoms with Crippen molar-refractivity contribution in [1.29, 1.82) is 0 Å². The number of carbonyl (C=O) groups is 1. The van der Waals surface area contributed by atoms with Crippen LogP contribution in [0, 0.1) is 11.8 Å². The number of carbonyl (C=O) groups excluding carboxylic acids is 1. The lowest BCUT2D eigenvalue weighted by molar-refractivity contribution is 0.0249. The Morgan fingerprint density at radius 3 is 2.54 bits per heavy atom. The maximum atomic E-state index is 12.7. The van der Waals surface area contributed by atoms with E-state index in [0.717, 1.165) is 5.56 Å². The monoisotopic (exact) mass is 388 g/mol. The van der Waals surface area contributed by atoms with E-state index < -0.39 is 5.60 Å². The molecular formula is C20H18Cl2N2O2. The maximum absolute atomic E-state index is 12.7. The van der Waals surface area contributed by atoms with Crippen LogP contribution in [0.5, 0.6) is 0 Å². The van der Waals surface area contributed by atoms with Gasteiger partial charge in [0.25, 0.3) is 5.91 Å². The topological polar surface area (TPSA) is 66.6 Å². The van der Waals surface area contributed by atoms with Crippen molar-refractivity contribution >= 4 is 34.8 Å². The summed E-state index contributed by atoms with van der Waals surface area (Å²) in [6.45, 7) is 0.789. The fourth-order valence-electron chi connectivity index (χ4n) is 2.85. The Kier molecular flexibility index (Phi) is 5.43. The lowest BCUT2D eigenvalue weighted by Crippen LogP contribution is -2.46. The minimum absolute atomic E-state index is 0.185. The summed E-state index contributed by atoms with van der Waals surface area (Å²) in [5.74, 6) is 5.70. The predicted octanol–water partition coefficient (Wildman–Crippen LogP) is 3.59. The summed E-state index contributed by atoms with van der Waals surface area (Å²) in [6.07, 6.45) is 0.736. The van der Waals surface area contributed by atoms with Crippen LogP contribution >= 0.6 is 23.2 Å². The van der Waals surface area contributed by atoms with Crippen molar-refractivity contribution in [2.24, 2.45) is 0 Å². The van der Waals surface area contributed by atoms with Crippen molar-refractivity contribution < 1.29 is 9.90 Å². The third kappa shape index (κ3) is 4.13. The molecule has 0 radical (unpaired) electrons. The van der Waals surface area contributed by atoms with E-state index in [9.17, 15) is 9.90 Å². The number of anilines is 1. The fourth-order valence-corrected chi connectivity index (χ4v) is 3.22. The number of hydrogen-bond acceptors (Lipinski definition) is 3. The zero-order chi connectivity index (χ0) is 18.7. The highest BCUT2D eigenvalue weighted by atomic mass is 35.5. The number of hydrogen-bond donors (Lipinski definition) is 2. The Balaban J connectivity index is 1.69. The number of amides is 1. The second-order valence-corrected chi connectivity index (χ2v) is 7.13. The molecule has 4 nitrogen and oxygen atoms in total. The molecule has 1 aliphatic rings. The molecule has 0 saturated carbocycles. The molecule has 0 atom stereocenters. The normalized spacial score (nSPS) is 15.9. The fraction of sp³-hybridized carbons (Fsp3) is 0.250. The number of para-hydroxylation sites is 1. The molecule has 3 rings (SSSR count). The lowest BCUT2D eigenvalue weighted by Gasteiger charge is -2.35. The number of rotatable bonds is 1. The summed E-state index contributed by atoms with van der Waals surface area (Å²) < 4.78 is 0. The largest absolute Gasteiger partial charge is 0.397 e. The van der Waals surface area contributed by atoms with Crippen molar-refractivity contribution in [1.82, 2.24) is 4.90 Å². The first-order valence-corrected chi connectivity index (χ1v) is 8.98. The van der Waals surface area contributed by atoms with Crippen molar-refractivity contribution in [2.45, 2.75) is 18.4 Å². The van der Waals surface area contributed by atoms with E-state index in [1.54, 1.807) is 35.2 Å². The minimum atomic E-state index is -1.13. The number of halogens is 2. The van der Waals surface area contributed by atoms with E-state index in [-0.39, 0.29) is 11.6 Å². The van der Waals surface area contributed by atoms with E-state index >= 15 is 0 Å². The van der Waals surface area contributed by atoms with Crippen LogP contribution in [-0.2, 0) is 0 Å². The van der Waals surface area contributed by atoms with Gasteiger partial charge in [-0.25, -0.2) is 0 Å². The molecule has 2 aromatic rings. The molecule has 26 heavy (non-hydrogen) atoms. The quantitative estimate of drug-likeness (QED) is 0.579. The predicted molar refractivity (Wildman–Crippen MR) is 104 cm³/mol. The molecule has 134 valence electrons. The van der Waals surface area contributed by atoms with Crippen LogP contribution in [0.1, 0.15) is 28.8 Å². The average Bonchev–Trinajstić information content (AvgIpc) is 2.63. The lowest BCUT2D eigenvalue weighted by atomic mass is 9.91. The first-order chi connectivity index (χ1) is 12.4. The third-order valence-electron chi connectivity index (χ3n) is 4.43. The Bertz CT molecular complexity index is 894. The smallest absolute Gasteiger partial charge is 0.256 e. The molecule has 1 fully saturated rings. The summed E-state index contributed by atoms with van der Waals surface area (Å²) >= 11 is 11.9. The van der Waals surface area contributed by atoms with Gasteiger partial charge in [-0.15, -0.1) is 0 Å². The van der Waals surface area contributed by atoms with Crippen molar-refractivity contribution in [2.75, 3.05) is 18.8 Å². The number of aliphatic hydroxyl groups is 1. The average molecular weight is 389 g/mol. The van der Waals surface area contributed by atoms with Gasteiger partial charge in [0.2, 0.25) is 0 Å². The van der Waals surface area contributed by atoms with Crippen LogP contribution in [0.3, 0.4) is 0 Å². The number of nitrogens with two attached hydrogens (primary N) is 1. The molecule has 1 heterocycles. The first kappa shape index (κ1) is 18.6. The molecule has 0 bridgehead atoms. The number of nitrogens with zero attached hydrogens (tertiary/aromatic N) is 1. The van der Waals surface area contributed by atoms with Gasteiger partial charge in [0.1, 0.15) is 5.60 Å². The van der Waals surface area contributed by atoms with E-state index in [1.165, 1.54) is 0 Å². The molecule has 2 aromatic carbocycles. The van der Waals surface area contributed by atoms with Gasteiger partial charge in [-0.1, -0.05) is 47.2 Å². The molecule has 0 aromatic heterocycles. The minimum Gasteiger partial charge on any atom is -0.397 e. The Labute approximate surface area is 162 Å². The summed E-state index contributed by atoms with van der Waals surface area (Å²) in [4.78, 5) is 14.3. The van der Waals surface area contributed by atoms with Crippen LogP contribution in [0.15, 0.2) is 42.5 Å². The van der Waals surface area contributed by atoms with Gasteiger partial charge >= 0.3 is 0 Å². The number of nitrogen functional groups attached to an aromatic ring is 1. The second kappa shape index (κ2) is 7.59. The van der Waals surface area contributed by atoms with Crippen molar-refractivity contribution in [3.05, 3.63) is 63.6 Å². The Hall–Kier alpha value is -2.19. The van der Waals surface area contributed by atoms with Gasteiger partial charge in [-0.05, 0) is 30.3 Å². The van der Waals surface area contributed by atoms with Crippen LogP contribution < -0.4 is 5.73 Å². The highest BCUT2D eigenvalue weighted by Crippen LogP contribution is 2.27. The number of benzene rings is 2. The molecule has 1 aliphatic heterocycles. The van der Waals surface area contributed by atoms with Crippen molar-refractivity contribution in [3.8, 4) is 11.8 Å². The summed E-state index contributed by atoms with van der Waals surface area (Å²) in [5, 5.41) is 11.6. The van der Waals surface area contributed by atoms with E-state index in [0.29, 0.717) is 41.5 Å². The van der Waals surface area contributed by atoms with Gasteiger partial charge in [0, 0.05) is 36.5 Å². The molecule has 6 heteroatoms. The number of likely N-dealkylation sites (tertiary alicyclic amines) is 1. The summed E-state index contributed by atoms with van der Waals surface area (Å²) in [7, 11) is 0. The Morgan fingerprint density at radius 1 is 1.15 bits per heavy atom. The van der Waals surface area contributed by atoms with Gasteiger partial charge in [0.15, 0.2) is 0 Å². The van der Waals surface area contributed by atoms with Crippen LogP contribution in [0.2, 0.25) is 10.0 Å². The molecule has 0 unspecified atom stereocenters. The zero-order valence-corrected chi connectivity index (χ0v) is 15.5. The Morgan fingerprint density at radius 2 is 1.85 bits per heavy atom. The van der Waals surface area contributed by atoms with E-state index in [4.69, 9.17) is 28.9 Å². The molecule has 0 spiro atoms.